The number of amides is 1. The molecule has 1 heterocycles. The number of carbonyl (C=O) groups is 2. The minimum absolute atomic E-state index is 0.210. The monoisotopic (exact) mass is 337 g/mol. The van der Waals surface area contributed by atoms with Gasteiger partial charge in [0.25, 0.3) is 0 Å². The van der Waals surface area contributed by atoms with Crippen LogP contribution in [-0.2, 0) is 16.0 Å². The maximum absolute atomic E-state index is 12.3. The van der Waals surface area contributed by atoms with Crippen LogP contribution in [0, 0.1) is 11.8 Å². The molecule has 5 heteroatoms. The molecule has 0 aromatic heterocycles. The summed E-state index contributed by atoms with van der Waals surface area (Å²) in [7, 11) is 0. The van der Waals surface area contributed by atoms with E-state index in [2.05, 4.69) is 11.4 Å². The number of carboxylic acid groups (broad SMARTS) is 1. The van der Waals surface area contributed by atoms with Crippen molar-refractivity contribution in [2.24, 2.45) is 11.8 Å². The molecule has 2 atom stereocenters. The minimum Gasteiger partial charge on any atom is -0.493 e. The molecule has 1 fully saturated rings. The maximum Gasteiger partial charge on any atom is 0.307 e. The molecule has 0 saturated heterocycles. The van der Waals surface area contributed by atoms with Gasteiger partial charge in [0, 0.05) is 12.1 Å². The number of ether oxygens (including phenoxy) is 1. The first kappa shape index (κ1) is 15.7. The summed E-state index contributed by atoms with van der Waals surface area (Å²) in [4.78, 5) is 23.4. The molecule has 2 aromatic rings. The third-order valence-corrected chi connectivity index (χ3v) is 5.08. The second kappa shape index (κ2) is 6.24. The van der Waals surface area contributed by atoms with Crippen LogP contribution in [0.25, 0.3) is 11.1 Å². The molecule has 1 saturated carbocycles. The SMILES string of the molecule is O=C(O)C1CCC1C(=O)Nc1cccc(-c2ccc3c(c2)CCO3)c1. The van der Waals surface area contributed by atoms with Gasteiger partial charge in [-0.3, -0.25) is 9.59 Å². The Balaban J connectivity index is 1.52. The molecule has 1 aliphatic heterocycles. The van der Waals surface area contributed by atoms with E-state index < -0.39 is 17.8 Å². The highest BCUT2D eigenvalue weighted by molar-refractivity contribution is 5.96. The van der Waals surface area contributed by atoms with Crippen molar-refractivity contribution < 1.29 is 19.4 Å². The zero-order chi connectivity index (χ0) is 17.4. The average Bonchev–Trinajstić information content (AvgIpc) is 3.00. The first-order valence-electron chi connectivity index (χ1n) is 8.51. The smallest absolute Gasteiger partial charge is 0.307 e. The summed E-state index contributed by atoms with van der Waals surface area (Å²) in [6.45, 7) is 0.723. The summed E-state index contributed by atoms with van der Waals surface area (Å²) in [5.41, 5.74) is 3.98. The Kier molecular flexibility index (Phi) is 3.92. The van der Waals surface area contributed by atoms with Gasteiger partial charge < -0.3 is 15.2 Å². The molecule has 2 aliphatic rings. The normalized spacial score (nSPS) is 21.0. The first-order chi connectivity index (χ1) is 12.1. The van der Waals surface area contributed by atoms with Crippen LogP contribution in [0.4, 0.5) is 5.69 Å². The number of anilines is 1. The molecular formula is C20H19NO4. The molecule has 25 heavy (non-hydrogen) atoms. The van der Waals surface area contributed by atoms with Crippen molar-refractivity contribution in [3.63, 3.8) is 0 Å². The lowest BCUT2D eigenvalue weighted by Crippen LogP contribution is -2.41. The lowest BCUT2D eigenvalue weighted by molar-refractivity contribution is -0.151. The van der Waals surface area contributed by atoms with E-state index in [9.17, 15) is 9.59 Å². The minimum atomic E-state index is -0.888. The third kappa shape index (κ3) is 2.97. The van der Waals surface area contributed by atoms with Crippen LogP contribution in [0.1, 0.15) is 18.4 Å². The molecule has 2 unspecified atom stereocenters. The second-order valence-corrected chi connectivity index (χ2v) is 6.62. The molecule has 2 aromatic carbocycles. The Hall–Kier alpha value is -2.82. The lowest BCUT2D eigenvalue weighted by atomic mass is 9.73. The highest BCUT2D eigenvalue weighted by atomic mass is 16.5. The van der Waals surface area contributed by atoms with E-state index in [0.29, 0.717) is 18.5 Å². The van der Waals surface area contributed by atoms with E-state index >= 15 is 0 Å². The molecule has 128 valence electrons. The molecule has 1 aliphatic carbocycles. The van der Waals surface area contributed by atoms with Crippen LogP contribution in [-0.4, -0.2) is 23.6 Å². The zero-order valence-corrected chi connectivity index (χ0v) is 13.7. The summed E-state index contributed by atoms with van der Waals surface area (Å²) in [5.74, 6) is -1.14. The Morgan fingerprint density at radius 1 is 1.04 bits per heavy atom. The number of rotatable bonds is 4. The average molecular weight is 337 g/mol. The van der Waals surface area contributed by atoms with Crippen LogP contribution in [0.3, 0.4) is 0 Å². The van der Waals surface area contributed by atoms with E-state index in [1.807, 2.05) is 36.4 Å². The van der Waals surface area contributed by atoms with E-state index in [0.717, 1.165) is 29.9 Å². The van der Waals surface area contributed by atoms with Crippen molar-refractivity contribution in [1.29, 1.82) is 0 Å². The van der Waals surface area contributed by atoms with E-state index in [4.69, 9.17) is 9.84 Å². The summed E-state index contributed by atoms with van der Waals surface area (Å²) in [5, 5.41) is 12.0. The fourth-order valence-corrected chi connectivity index (χ4v) is 3.49. The predicted octanol–water partition coefficient (Wildman–Crippen LogP) is 3.34. The number of hydrogen-bond acceptors (Lipinski definition) is 3. The Morgan fingerprint density at radius 2 is 1.84 bits per heavy atom. The van der Waals surface area contributed by atoms with Crippen LogP contribution in [0.15, 0.2) is 42.5 Å². The summed E-state index contributed by atoms with van der Waals surface area (Å²) < 4.78 is 5.54. The fraction of sp³-hybridized carbons (Fsp3) is 0.300. The Morgan fingerprint density at radius 3 is 2.60 bits per heavy atom. The lowest BCUT2D eigenvalue weighted by Gasteiger charge is -2.31. The number of fused-ring (bicyclic) bond motifs is 1. The van der Waals surface area contributed by atoms with E-state index in [-0.39, 0.29) is 5.91 Å². The molecule has 4 rings (SSSR count). The van der Waals surface area contributed by atoms with Crippen molar-refractivity contribution in [3.8, 4) is 16.9 Å². The van der Waals surface area contributed by atoms with Crippen molar-refractivity contribution in [2.75, 3.05) is 11.9 Å². The van der Waals surface area contributed by atoms with Gasteiger partial charge in [0.05, 0.1) is 18.4 Å². The van der Waals surface area contributed by atoms with Gasteiger partial charge in [-0.1, -0.05) is 18.2 Å². The van der Waals surface area contributed by atoms with Crippen LogP contribution < -0.4 is 10.1 Å². The molecule has 0 spiro atoms. The number of benzene rings is 2. The second-order valence-electron chi connectivity index (χ2n) is 6.62. The maximum atomic E-state index is 12.3. The van der Waals surface area contributed by atoms with Crippen molar-refractivity contribution in [1.82, 2.24) is 0 Å². The van der Waals surface area contributed by atoms with Crippen molar-refractivity contribution in [2.45, 2.75) is 19.3 Å². The summed E-state index contributed by atoms with van der Waals surface area (Å²) in [6.07, 6.45) is 2.12. The predicted molar refractivity (Wildman–Crippen MR) is 93.6 cm³/mol. The Labute approximate surface area is 145 Å². The molecular weight excluding hydrogens is 318 g/mol. The van der Waals surface area contributed by atoms with Crippen molar-refractivity contribution in [3.05, 3.63) is 48.0 Å². The standard InChI is InChI=1S/C20H19NO4/c22-19(16-5-6-17(16)20(23)24)21-15-3-1-2-12(11-15)13-4-7-18-14(10-13)8-9-25-18/h1-4,7,10-11,16-17H,5-6,8-9H2,(H,21,22)(H,23,24). The fourth-order valence-electron chi connectivity index (χ4n) is 3.49. The van der Waals surface area contributed by atoms with Gasteiger partial charge in [0.1, 0.15) is 5.75 Å². The van der Waals surface area contributed by atoms with Crippen LogP contribution in [0.2, 0.25) is 0 Å². The quantitative estimate of drug-likeness (QED) is 0.897. The molecule has 0 radical (unpaired) electrons. The number of hydrogen-bond donors (Lipinski definition) is 2. The zero-order valence-electron chi connectivity index (χ0n) is 13.7. The number of carboxylic acids is 1. The highest BCUT2D eigenvalue weighted by Crippen LogP contribution is 2.36. The molecule has 5 nitrogen and oxygen atoms in total. The van der Waals surface area contributed by atoms with Gasteiger partial charge >= 0.3 is 5.97 Å². The van der Waals surface area contributed by atoms with Crippen LogP contribution in [0.5, 0.6) is 5.75 Å². The van der Waals surface area contributed by atoms with Gasteiger partial charge in [-0.25, -0.2) is 0 Å². The number of nitrogens with one attached hydrogen (secondary N) is 1. The van der Waals surface area contributed by atoms with Gasteiger partial charge in [-0.2, -0.15) is 0 Å². The largest absolute Gasteiger partial charge is 0.493 e. The number of carbonyl (C=O) groups excluding carboxylic acids is 1. The Bertz CT molecular complexity index is 845. The van der Waals surface area contributed by atoms with Crippen molar-refractivity contribution >= 4 is 17.6 Å². The summed E-state index contributed by atoms with van der Waals surface area (Å²) in [6, 6.07) is 13.7. The molecule has 1 amide bonds. The summed E-state index contributed by atoms with van der Waals surface area (Å²) >= 11 is 0. The van der Waals surface area contributed by atoms with Crippen LogP contribution >= 0.6 is 0 Å². The van der Waals surface area contributed by atoms with E-state index in [1.54, 1.807) is 0 Å². The topological polar surface area (TPSA) is 75.6 Å². The molecule has 0 bridgehead atoms. The van der Waals surface area contributed by atoms with Gasteiger partial charge in [-0.15, -0.1) is 0 Å². The van der Waals surface area contributed by atoms with E-state index in [1.165, 1.54) is 5.56 Å². The van der Waals surface area contributed by atoms with Gasteiger partial charge in [0.15, 0.2) is 0 Å². The number of aliphatic carboxylic acids is 1. The molecule has 2 N–H and O–H groups in total. The first-order valence-corrected chi connectivity index (χ1v) is 8.51. The van der Waals surface area contributed by atoms with Gasteiger partial charge in [-0.05, 0) is 53.8 Å². The third-order valence-electron chi connectivity index (χ3n) is 5.08. The highest BCUT2D eigenvalue weighted by Gasteiger charge is 2.41. The van der Waals surface area contributed by atoms with Gasteiger partial charge in [0.2, 0.25) is 5.91 Å².